The number of para-hydroxylation sites is 1. The second-order valence-electron chi connectivity index (χ2n) is 5.29. The summed E-state index contributed by atoms with van der Waals surface area (Å²) in [6, 6.07) is 7.42. The van der Waals surface area contributed by atoms with E-state index in [0.29, 0.717) is 11.3 Å². The third kappa shape index (κ3) is 2.59. The van der Waals surface area contributed by atoms with Crippen LogP contribution in [0.1, 0.15) is 30.1 Å². The second-order valence-corrected chi connectivity index (χ2v) is 5.29. The molecule has 1 heterocycles. The van der Waals surface area contributed by atoms with Gasteiger partial charge < -0.3 is 15.0 Å². The topological polar surface area (TPSA) is 41.6 Å². The lowest BCUT2D eigenvalue weighted by atomic mass is 9.98. The summed E-state index contributed by atoms with van der Waals surface area (Å²) in [5.41, 5.74) is 0.543. The second kappa shape index (κ2) is 5.61. The first-order valence-electron chi connectivity index (χ1n) is 6.72. The minimum absolute atomic E-state index is 0.0627. The molecule has 1 saturated heterocycles. The summed E-state index contributed by atoms with van der Waals surface area (Å²) in [4.78, 5) is 14.7. The van der Waals surface area contributed by atoms with Gasteiger partial charge in [0.1, 0.15) is 5.75 Å². The number of nitrogens with zero attached hydrogens (tertiary/aromatic N) is 1. The van der Waals surface area contributed by atoms with Gasteiger partial charge in [-0.15, -0.1) is 0 Å². The fourth-order valence-electron chi connectivity index (χ4n) is 2.90. The highest BCUT2D eigenvalue weighted by atomic mass is 16.5. The molecule has 1 aromatic carbocycles. The molecule has 104 valence electrons. The van der Waals surface area contributed by atoms with Crippen LogP contribution in [0.15, 0.2) is 24.3 Å². The van der Waals surface area contributed by atoms with E-state index in [2.05, 4.69) is 12.2 Å². The zero-order chi connectivity index (χ0) is 13.9. The standard InChI is InChI=1S/C15H22N2O2/c1-15(11-16-2)9-6-10-17(15)14(18)12-7-4-5-8-13(12)19-3/h4-5,7-8,16H,6,9-11H2,1-3H3. The Morgan fingerprint density at radius 1 is 1.47 bits per heavy atom. The fourth-order valence-corrected chi connectivity index (χ4v) is 2.90. The molecule has 0 bridgehead atoms. The Bertz CT molecular complexity index is 461. The van der Waals surface area contributed by atoms with E-state index in [4.69, 9.17) is 4.74 Å². The van der Waals surface area contributed by atoms with Gasteiger partial charge in [-0.3, -0.25) is 4.79 Å². The van der Waals surface area contributed by atoms with Crippen molar-refractivity contribution in [3.8, 4) is 5.75 Å². The highest BCUT2D eigenvalue weighted by Gasteiger charge is 2.39. The quantitative estimate of drug-likeness (QED) is 0.901. The first kappa shape index (κ1) is 13.9. The van der Waals surface area contributed by atoms with Crippen LogP contribution in [0.5, 0.6) is 5.75 Å². The molecule has 2 rings (SSSR count). The number of likely N-dealkylation sites (N-methyl/N-ethyl adjacent to an activating group) is 1. The molecule has 1 aromatic rings. The number of hydrogen-bond acceptors (Lipinski definition) is 3. The van der Waals surface area contributed by atoms with Gasteiger partial charge in [-0.05, 0) is 38.9 Å². The Morgan fingerprint density at radius 2 is 2.21 bits per heavy atom. The minimum atomic E-state index is -0.104. The molecule has 0 spiro atoms. The molecule has 1 aliphatic heterocycles. The number of carbonyl (C=O) groups excluding carboxylic acids is 1. The van der Waals surface area contributed by atoms with Crippen LogP contribution in [0, 0.1) is 0 Å². The molecular formula is C15H22N2O2. The van der Waals surface area contributed by atoms with Crippen molar-refractivity contribution in [2.75, 3.05) is 27.2 Å². The average molecular weight is 262 g/mol. The van der Waals surface area contributed by atoms with Gasteiger partial charge in [0.2, 0.25) is 0 Å². The Balaban J connectivity index is 2.28. The summed E-state index contributed by atoms with van der Waals surface area (Å²) in [6.45, 7) is 3.77. The first-order valence-corrected chi connectivity index (χ1v) is 6.72. The molecule has 1 unspecified atom stereocenters. The molecule has 0 aliphatic carbocycles. The Labute approximate surface area is 114 Å². The SMILES string of the molecule is CNCC1(C)CCCN1C(=O)c1ccccc1OC. The van der Waals surface area contributed by atoms with Crippen molar-refractivity contribution in [1.82, 2.24) is 10.2 Å². The average Bonchev–Trinajstić information content (AvgIpc) is 2.80. The number of ether oxygens (including phenoxy) is 1. The van der Waals surface area contributed by atoms with Crippen molar-refractivity contribution in [3.05, 3.63) is 29.8 Å². The number of rotatable bonds is 4. The third-order valence-corrected chi connectivity index (χ3v) is 3.89. The zero-order valence-corrected chi connectivity index (χ0v) is 11.9. The largest absolute Gasteiger partial charge is 0.496 e. The maximum absolute atomic E-state index is 12.7. The lowest BCUT2D eigenvalue weighted by molar-refractivity contribution is 0.0623. The maximum Gasteiger partial charge on any atom is 0.258 e. The summed E-state index contributed by atoms with van der Waals surface area (Å²) in [5, 5.41) is 3.19. The normalized spacial score (nSPS) is 22.6. The summed E-state index contributed by atoms with van der Waals surface area (Å²) in [6.07, 6.45) is 2.09. The Hall–Kier alpha value is -1.55. The molecule has 1 atom stereocenters. The number of hydrogen-bond donors (Lipinski definition) is 1. The number of methoxy groups -OCH3 is 1. The van der Waals surface area contributed by atoms with E-state index in [1.807, 2.05) is 36.2 Å². The van der Waals surface area contributed by atoms with E-state index in [1.165, 1.54) is 0 Å². The minimum Gasteiger partial charge on any atom is -0.496 e. The van der Waals surface area contributed by atoms with Crippen LogP contribution in [0.2, 0.25) is 0 Å². The van der Waals surface area contributed by atoms with Crippen molar-refractivity contribution < 1.29 is 9.53 Å². The van der Waals surface area contributed by atoms with E-state index in [9.17, 15) is 4.79 Å². The van der Waals surface area contributed by atoms with Gasteiger partial charge >= 0.3 is 0 Å². The van der Waals surface area contributed by atoms with Crippen LogP contribution in [-0.2, 0) is 0 Å². The maximum atomic E-state index is 12.7. The summed E-state index contributed by atoms with van der Waals surface area (Å²) < 4.78 is 5.29. The highest BCUT2D eigenvalue weighted by Crippen LogP contribution is 2.31. The van der Waals surface area contributed by atoms with Gasteiger partial charge in [-0.25, -0.2) is 0 Å². The van der Waals surface area contributed by atoms with Crippen LogP contribution in [0.25, 0.3) is 0 Å². The monoisotopic (exact) mass is 262 g/mol. The van der Waals surface area contributed by atoms with Crippen LogP contribution in [0.4, 0.5) is 0 Å². The van der Waals surface area contributed by atoms with Gasteiger partial charge in [-0.1, -0.05) is 12.1 Å². The van der Waals surface area contributed by atoms with Crippen LogP contribution < -0.4 is 10.1 Å². The predicted molar refractivity (Wildman–Crippen MR) is 75.6 cm³/mol. The summed E-state index contributed by atoms with van der Waals surface area (Å²) in [7, 11) is 3.53. The van der Waals surface area contributed by atoms with Crippen molar-refractivity contribution >= 4 is 5.91 Å². The molecule has 1 fully saturated rings. The smallest absolute Gasteiger partial charge is 0.258 e. The molecule has 4 heteroatoms. The third-order valence-electron chi connectivity index (χ3n) is 3.89. The number of benzene rings is 1. The molecule has 0 saturated carbocycles. The van der Waals surface area contributed by atoms with E-state index >= 15 is 0 Å². The summed E-state index contributed by atoms with van der Waals surface area (Å²) in [5.74, 6) is 0.707. The molecule has 19 heavy (non-hydrogen) atoms. The van der Waals surface area contributed by atoms with Gasteiger partial charge in [0.15, 0.2) is 0 Å². The van der Waals surface area contributed by atoms with Gasteiger partial charge in [0.25, 0.3) is 5.91 Å². The van der Waals surface area contributed by atoms with Crippen molar-refractivity contribution in [2.45, 2.75) is 25.3 Å². The molecule has 1 amide bonds. The predicted octanol–water partition coefficient (Wildman–Crippen LogP) is 1.91. The van der Waals surface area contributed by atoms with E-state index < -0.39 is 0 Å². The fraction of sp³-hybridized carbons (Fsp3) is 0.533. The van der Waals surface area contributed by atoms with Crippen molar-refractivity contribution in [2.24, 2.45) is 0 Å². The Kier molecular flexibility index (Phi) is 4.10. The number of carbonyl (C=O) groups is 1. The van der Waals surface area contributed by atoms with Crippen molar-refractivity contribution in [1.29, 1.82) is 0 Å². The lowest BCUT2D eigenvalue weighted by Crippen LogP contribution is -2.50. The van der Waals surface area contributed by atoms with E-state index in [1.54, 1.807) is 7.11 Å². The molecule has 0 radical (unpaired) electrons. The van der Waals surface area contributed by atoms with Crippen molar-refractivity contribution in [3.63, 3.8) is 0 Å². The van der Waals surface area contributed by atoms with Crippen LogP contribution >= 0.6 is 0 Å². The molecule has 1 aliphatic rings. The summed E-state index contributed by atoms with van der Waals surface area (Å²) >= 11 is 0. The number of likely N-dealkylation sites (tertiary alicyclic amines) is 1. The van der Waals surface area contributed by atoms with Gasteiger partial charge in [-0.2, -0.15) is 0 Å². The van der Waals surface area contributed by atoms with E-state index in [-0.39, 0.29) is 11.4 Å². The van der Waals surface area contributed by atoms with Crippen LogP contribution in [-0.4, -0.2) is 43.6 Å². The number of amides is 1. The molecular weight excluding hydrogens is 240 g/mol. The Morgan fingerprint density at radius 3 is 2.89 bits per heavy atom. The van der Waals surface area contributed by atoms with Gasteiger partial charge in [0.05, 0.1) is 18.2 Å². The lowest BCUT2D eigenvalue weighted by Gasteiger charge is -2.35. The van der Waals surface area contributed by atoms with E-state index in [0.717, 1.165) is 25.9 Å². The molecule has 4 nitrogen and oxygen atoms in total. The number of nitrogens with one attached hydrogen (secondary N) is 1. The van der Waals surface area contributed by atoms with Crippen LogP contribution in [0.3, 0.4) is 0 Å². The highest BCUT2D eigenvalue weighted by molar-refractivity contribution is 5.97. The molecule has 0 aromatic heterocycles. The molecule has 1 N–H and O–H groups in total. The first-order chi connectivity index (χ1) is 9.12. The van der Waals surface area contributed by atoms with Gasteiger partial charge in [0, 0.05) is 13.1 Å². The zero-order valence-electron chi connectivity index (χ0n) is 11.9.